The lowest BCUT2D eigenvalue weighted by atomic mass is 11.1. The molecule has 0 spiro atoms. The SMILES string of the molecule is ClC(Cl)N1COC=N1. The summed E-state index contributed by atoms with van der Waals surface area (Å²) < 4.78 is 4.68. The Morgan fingerprint density at radius 2 is 2.50 bits per heavy atom. The summed E-state index contributed by atoms with van der Waals surface area (Å²) in [4.78, 5) is -0.603. The van der Waals surface area contributed by atoms with E-state index in [1.165, 1.54) is 11.4 Å². The topological polar surface area (TPSA) is 24.8 Å². The molecule has 3 nitrogen and oxygen atoms in total. The lowest BCUT2D eigenvalue weighted by Crippen LogP contribution is -2.18. The average Bonchev–Trinajstić information content (AvgIpc) is 2.12. The van der Waals surface area contributed by atoms with E-state index in [1.54, 1.807) is 0 Å². The van der Waals surface area contributed by atoms with Crippen LogP contribution < -0.4 is 0 Å². The van der Waals surface area contributed by atoms with E-state index in [0.717, 1.165) is 0 Å². The average molecular weight is 155 g/mol. The Balaban J connectivity index is 2.36. The molecule has 1 aliphatic heterocycles. The highest BCUT2D eigenvalue weighted by molar-refractivity contribution is 6.43. The molecule has 0 atom stereocenters. The molecule has 1 heterocycles. The van der Waals surface area contributed by atoms with Crippen LogP contribution in [-0.2, 0) is 4.74 Å². The van der Waals surface area contributed by atoms with Gasteiger partial charge in [0, 0.05) is 0 Å². The summed E-state index contributed by atoms with van der Waals surface area (Å²) in [5.41, 5.74) is 0. The minimum absolute atomic E-state index is 0.345. The number of ether oxygens (including phenoxy) is 1. The molecular weight excluding hydrogens is 151 g/mol. The van der Waals surface area contributed by atoms with Crippen LogP contribution in [0.4, 0.5) is 0 Å². The first-order valence-corrected chi connectivity index (χ1v) is 2.87. The van der Waals surface area contributed by atoms with Gasteiger partial charge in [-0.1, -0.05) is 23.2 Å². The monoisotopic (exact) mass is 154 g/mol. The number of rotatable bonds is 1. The maximum Gasteiger partial charge on any atom is 0.198 e. The molecule has 0 saturated carbocycles. The third-order valence-electron chi connectivity index (χ3n) is 0.702. The van der Waals surface area contributed by atoms with Gasteiger partial charge in [0.15, 0.2) is 18.1 Å². The molecule has 0 fully saturated rings. The Bertz CT molecular complexity index is 105. The standard InChI is InChI=1S/C3H4Cl2N2O/c4-3(5)7-2-8-1-6-7/h1,3H,2H2. The van der Waals surface area contributed by atoms with Crippen LogP contribution in [0.5, 0.6) is 0 Å². The van der Waals surface area contributed by atoms with E-state index in [1.807, 2.05) is 0 Å². The van der Waals surface area contributed by atoms with E-state index < -0.39 is 4.96 Å². The van der Waals surface area contributed by atoms with Gasteiger partial charge in [0.25, 0.3) is 0 Å². The normalized spacial score (nSPS) is 17.6. The highest BCUT2D eigenvalue weighted by Gasteiger charge is 2.12. The molecule has 46 valence electrons. The van der Waals surface area contributed by atoms with Crippen molar-refractivity contribution in [3.05, 3.63) is 0 Å². The van der Waals surface area contributed by atoms with Crippen molar-refractivity contribution in [1.82, 2.24) is 5.01 Å². The summed E-state index contributed by atoms with van der Waals surface area (Å²) in [5, 5.41) is 5.06. The van der Waals surface area contributed by atoms with Crippen LogP contribution in [0.25, 0.3) is 0 Å². The first kappa shape index (κ1) is 5.98. The number of nitrogens with zero attached hydrogens (tertiary/aromatic N) is 2. The second kappa shape index (κ2) is 2.42. The fourth-order valence-electron chi connectivity index (χ4n) is 0.344. The maximum atomic E-state index is 5.38. The van der Waals surface area contributed by atoms with E-state index in [2.05, 4.69) is 9.84 Å². The van der Waals surface area contributed by atoms with Crippen LogP contribution in [-0.4, -0.2) is 23.1 Å². The van der Waals surface area contributed by atoms with Crippen molar-refractivity contribution in [2.24, 2.45) is 5.10 Å². The Labute approximate surface area is 56.8 Å². The molecule has 1 aliphatic rings. The molecule has 0 unspecified atom stereocenters. The van der Waals surface area contributed by atoms with Crippen molar-refractivity contribution in [3.8, 4) is 0 Å². The van der Waals surface area contributed by atoms with Gasteiger partial charge >= 0.3 is 0 Å². The first-order chi connectivity index (χ1) is 3.80. The van der Waals surface area contributed by atoms with E-state index in [4.69, 9.17) is 23.2 Å². The molecule has 0 N–H and O–H groups in total. The summed E-state index contributed by atoms with van der Waals surface area (Å²) in [6.45, 7) is 0.345. The third-order valence-corrected chi connectivity index (χ3v) is 1.15. The highest BCUT2D eigenvalue weighted by atomic mass is 35.5. The number of hydrogen-bond donors (Lipinski definition) is 0. The molecule has 0 aromatic rings. The minimum Gasteiger partial charge on any atom is -0.459 e. The van der Waals surface area contributed by atoms with Gasteiger partial charge in [0.1, 0.15) is 0 Å². The van der Waals surface area contributed by atoms with Crippen molar-refractivity contribution in [3.63, 3.8) is 0 Å². The fourth-order valence-corrected chi connectivity index (χ4v) is 0.557. The van der Waals surface area contributed by atoms with Crippen molar-refractivity contribution >= 4 is 29.6 Å². The first-order valence-electron chi connectivity index (χ1n) is 1.99. The predicted octanol–water partition coefficient (Wildman–Crippen LogP) is 0.981. The number of alkyl halides is 2. The molecule has 0 amide bonds. The van der Waals surface area contributed by atoms with E-state index in [0.29, 0.717) is 6.73 Å². The smallest absolute Gasteiger partial charge is 0.198 e. The van der Waals surface area contributed by atoms with Crippen LogP contribution in [0.15, 0.2) is 5.10 Å². The number of halogens is 2. The third kappa shape index (κ3) is 1.17. The lowest BCUT2D eigenvalue weighted by molar-refractivity contribution is 0.183. The van der Waals surface area contributed by atoms with Gasteiger partial charge in [0.2, 0.25) is 0 Å². The van der Waals surface area contributed by atoms with Gasteiger partial charge in [-0.2, -0.15) is 0 Å². The molecule has 0 aromatic carbocycles. The zero-order valence-electron chi connectivity index (χ0n) is 3.92. The zero-order valence-corrected chi connectivity index (χ0v) is 5.43. The summed E-state index contributed by atoms with van der Waals surface area (Å²) in [6.07, 6.45) is 1.30. The van der Waals surface area contributed by atoms with Crippen molar-refractivity contribution in [2.75, 3.05) is 6.73 Å². The van der Waals surface area contributed by atoms with Gasteiger partial charge in [0.05, 0.1) is 0 Å². The minimum atomic E-state index is -0.603. The fraction of sp³-hybridized carbons (Fsp3) is 0.667. The van der Waals surface area contributed by atoms with Crippen LogP contribution >= 0.6 is 23.2 Å². The van der Waals surface area contributed by atoms with Gasteiger partial charge in [-0.05, 0) is 0 Å². The van der Waals surface area contributed by atoms with E-state index in [-0.39, 0.29) is 0 Å². The molecule has 1 rings (SSSR count). The quantitative estimate of drug-likeness (QED) is 0.416. The van der Waals surface area contributed by atoms with Crippen LogP contribution in [0.1, 0.15) is 0 Å². The Morgan fingerprint density at radius 1 is 1.75 bits per heavy atom. The van der Waals surface area contributed by atoms with Gasteiger partial charge in [-0.15, -0.1) is 5.10 Å². The summed E-state index contributed by atoms with van der Waals surface area (Å²) in [7, 11) is 0. The van der Waals surface area contributed by atoms with Crippen LogP contribution in [0, 0.1) is 0 Å². The van der Waals surface area contributed by atoms with Gasteiger partial charge < -0.3 is 4.74 Å². The summed E-state index contributed by atoms with van der Waals surface area (Å²) in [6, 6.07) is 0. The Kier molecular flexibility index (Phi) is 1.81. The molecule has 0 aliphatic carbocycles. The molecule has 0 radical (unpaired) electrons. The molecule has 0 bridgehead atoms. The van der Waals surface area contributed by atoms with E-state index in [9.17, 15) is 0 Å². The van der Waals surface area contributed by atoms with Crippen molar-refractivity contribution in [2.45, 2.75) is 4.96 Å². The van der Waals surface area contributed by atoms with Gasteiger partial charge in [-0.25, -0.2) is 5.01 Å². The predicted molar refractivity (Wildman–Crippen MR) is 31.8 cm³/mol. The lowest BCUT2D eigenvalue weighted by Gasteiger charge is -2.10. The van der Waals surface area contributed by atoms with Crippen LogP contribution in [0.2, 0.25) is 0 Å². The molecule has 0 saturated heterocycles. The largest absolute Gasteiger partial charge is 0.459 e. The van der Waals surface area contributed by atoms with E-state index >= 15 is 0 Å². The molecular formula is C3H4Cl2N2O. The Morgan fingerprint density at radius 3 is 2.75 bits per heavy atom. The molecule has 5 heteroatoms. The highest BCUT2D eigenvalue weighted by Crippen LogP contribution is 2.11. The number of hydrogen-bond acceptors (Lipinski definition) is 3. The van der Waals surface area contributed by atoms with Crippen LogP contribution in [0.3, 0.4) is 0 Å². The second-order valence-electron chi connectivity index (χ2n) is 1.23. The van der Waals surface area contributed by atoms with Crippen molar-refractivity contribution in [1.29, 1.82) is 0 Å². The maximum absolute atomic E-state index is 5.38. The Hall–Kier alpha value is -0.150. The molecule has 0 aromatic heterocycles. The zero-order chi connectivity index (χ0) is 5.98. The summed E-state index contributed by atoms with van der Waals surface area (Å²) >= 11 is 10.8. The molecule has 8 heavy (non-hydrogen) atoms. The van der Waals surface area contributed by atoms with Crippen molar-refractivity contribution < 1.29 is 4.74 Å². The summed E-state index contributed by atoms with van der Waals surface area (Å²) in [5.74, 6) is 0. The number of hydrazone groups is 1. The van der Waals surface area contributed by atoms with Gasteiger partial charge in [-0.3, -0.25) is 0 Å². The second-order valence-corrected chi connectivity index (χ2v) is 2.28.